The molecule has 1 aromatic heterocycles. The minimum atomic E-state index is -0.242. The summed E-state index contributed by atoms with van der Waals surface area (Å²) in [5.74, 6) is 0.158. The van der Waals surface area contributed by atoms with Gasteiger partial charge in [0.05, 0.1) is 18.2 Å². The molecule has 0 spiro atoms. The lowest BCUT2D eigenvalue weighted by Crippen LogP contribution is -2.24. The molecule has 4 heteroatoms. The molecule has 0 amide bonds. The molecule has 0 saturated heterocycles. The Morgan fingerprint density at radius 2 is 2.17 bits per heavy atom. The molecule has 0 saturated carbocycles. The number of imidazole rings is 1. The lowest BCUT2D eigenvalue weighted by atomic mass is 10.0. The monoisotopic (exact) mass is 247 g/mol. The highest BCUT2D eigenvalue weighted by Gasteiger charge is 2.17. The Morgan fingerprint density at radius 3 is 2.78 bits per heavy atom. The standard InChI is InChI=1S/C14H18FN3/c1-10(2)13(7-16)18-9-17-8-14(18)11-4-3-5-12(15)6-11/h3-6,8-10,13H,7,16H2,1-2H3. The third kappa shape index (κ3) is 2.43. The second kappa shape index (κ2) is 5.31. The first kappa shape index (κ1) is 12.8. The third-order valence-corrected chi connectivity index (χ3v) is 3.15. The average Bonchev–Trinajstić information content (AvgIpc) is 2.78. The van der Waals surface area contributed by atoms with Gasteiger partial charge in [-0.2, -0.15) is 0 Å². The summed E-state index contributed by atoms with van der Waals surface area (Å²) in [6.07, 6.45) is 3.51. The van der Waals surface area contributed by atoms with Crippen LogP contribution in [0.3, 0.4) is 0 Å². The summed E-state index contributed by atoms with van der Waals surface area (Å²) < 4.78 is 15.3. The summed E-state index contributed by atoms with van der Waals surface area (Å²) in [5, 5.41) is 0. The molecule has 18 heavy (non-hydrogen) atoms. The van der Waals surface area contributed by atoms with Crippen molar-refractivity contribution in [1.82, 2.24) is 9.55 Å². The van der Waals surface area contributed by atoms with Gasteiger partial charge < -0.3 is 10.3 Å². The molecular weight excluding hydrogens is 229 g/mol. The summed E-state index contributed by atoms with van der Waals surface area (Å²) in [6, 6.07) is 6.71. The Bertz CT molecular complexity index is 519. The number of hydrogen-bond acceptors (Lipinski definition) is 2. The van der Waals surface area contributed by atoms with Crippen LogP contribution in [0.5, 0.6) is 0 Å². The number of nitrogens with two attached hydrogens (primary N) is 1. The second-order valence-electron chi connectivity index (χ2n) is 4.74. The van der Waals surface area contributed by atoms with E-state index in [0.717, 1.165) is 11.3 Å². The molecule has 0 bridgehead atoms. The molecule has 1 atom stereocenters. The van der Waals surface area contributed by atoms with E-state index in [1.807, 2.05) is 10.6 Å². The van der Waals surface area contributed by atoms with Crippen LogP contribution in [0.25, 0.3) is 11.3 Å². The molecule has 1 unspecified atom stereocenters. The zero-order valence-corrected chi connectivity index (χ0v) is 10.7. The van der Waals surface area contributed by atoms with E-state index in [1.54, 1.807) is 18.6 Å². The maximum Gasteiger partial charge on any atom is 0.123 e. The van der Waals surface area contributed by atoms with Crippen molar-refractivity contribution in [2.24, 2.45) is 11.7 Å². The van der Waals surface area contributed by atoms with Gasteiger partial charge in [-0.05, 0) is 18.1 Å². The van der Waals surface area contributed by atoms with Crippen molar-refractivity contribution < 1.29 is 4.39 Å². The van der Waals surface area contributed by atoms with E-state index in [4.69, 9.17) is 5.73 Å². The van der Waals surface area contributed by atoms with Gasteiger partial charge in [-0.25, -0.2) is 9.37 Å². The van der Waals surface area contributed by atoms with E-state index in [0.29, 0.717) is 12.5 Å². The quantitative estimate of drug-likeness (QED) is 0.902. The topological polar surface area (TPSA) is 43.8 Å². The van der Waals surface area contributed by atoms with Crippen LogP contribution in [0.1, 0.15) is 19.9 Å². The van der Waals surface area contributed by atoms with Gasteiger partial charge in [0.1, 0.15) is 5.82 Å². The summed E-state index contributed by atoms with van der Waals surface area (Å²) in [6.45, 7) is 4.77. The van der Waals surface area contributed by atoms with E-state index in [9.17, 15) is 4.39 Å². The molecule has 0 aliphatic carbocycles. The first-order chi connectivity index (χ1) is 8.63. The molecule has 0 aliphatic rings. The highest BCUT2D eigenvalue weighted by Crippen LogP contribution is 2.26. The predicted octanol–water partition coefficient (Wildman–Crippen LogP) is 2.85. The van der Waals surface area contributed by atoms with Crippen molar-refractivity contribution in [3.8, 4) is 11.3 Å². The lowest BCUT2D eigenvalue weighted by Gasteiger charge is -2.23. The summed E-state index contributed by atoms with van der Waals surface area (Å²) in [4.78, 5) is 4.16. The van der Waals surface area contributed by atoms with E-state index in [1.165, 1.54) is 12.1 Å². The normalized spacial score (nSPS) is 12.9. The maximum absolute atomic E-state index is 13.3. The number of rotatable bonds is 4. The molecule has 0 aliphatic heterocycles. The lowest BCUT2D eigenvalue weighted by molar-refractivity contribution is 0.387. The summed E-state index contributed by atoms with van der Waals surface area (Å²) in [5.41, 5.74) is 7.55. The molecule has 2 N–H and O–H groups in total. The van der Waals surface area contributed by atoms with Crippen LogP contribution in [0.2, 0.25) is 0 Å². The van der Waals surface area contributed by atoms with Gasteiger partial charge in [-0.3, -0.25) is 0 Å². The van der Waals surface area contributed by atoms with Gasteiger partial charge >= 0.3 is 0 Å². The van der Waals surface area contributed by atoms with Crippen molar-refractivity contribution in [2.75, 3.05) is 6.54 Å². The highest BCUT2D eigenvalue weighted by atomic mass is 19.1. The Morgan fingerprint density at radius 1 is 1.39 bits per heavy atom. The van der Waals surface area contributed by atoms with Crippen molar-refractivity contribution in [3.63, 3.8) is 0 Å². The second-order valence-corrected chi connectivity index (χ2v) is 4.74. The van der Waals surface area contributed by atoms with Gasteiger partial charge in [-0.15, -0.1) is 0 Å². The minimum Gasteiger partial charge on any atom is -0.328 e. The van der Waals surface area contributed by atoms with Gasteiger partial charge in [0.25, 0.3) is 0 Å². The molecule has 0 radical (unpaired) electrons. The van der Waals surface area contributed by atoms with Crippen molar-refractivity contribution in [3.05, 3.63) is 42.6 Å². The van der Waals surface area contributed by atoms with Gasteiger partial charge in [0, 0.05) is 18.2 Å². The largest absolute Gasteiger partial charge is 0.328 e. The average molecular weight is 247 g/mol. The zero-order chi connectivity index (χ0) is 13.1. The molecule has 2 rings (SSSR count). The van der Waals surface area contributed by atoms with E-state index in [2.05, 4.69) is 18.8 Å². The Hall–Kier alpha value is -1.68. The number of nitrogens with zero attached hydrogens (tertiary/aromatic N) is 2. The highest BCUT2D eigenvalue weighted by molar-refractivity contribution is 5.59. The third-order valence-electron chi connectivity index (χ3n) is 3.15. The Labute approximate surface area is 106 Å². The zero-order valence-electron chi connectivity index (χ0n) is 10.7. The Kier molecular flexibility index (Phi) is 3.77. The number of aromatic nitrogens is 2. The molecule has 96 valence electrons. The van der Waals surface area contributed by atoms with E-state index in [-0.39, 0.29) is 11.9 Å². The van der Waals surface area contributed by atoms with Crippen LogP contribution in [0, 0.1) is 11.7 Å². The first-order valence-corrected chi connectivity index (χ1v) is 6.11. The van der Waals surface area contributed by atoms with Crippen LogP contribution in [-0.4, -0.2) is 16.1 Å². The van der Waals surface area contributed by atoms with Crippen molar-refractivity contribution in [2.45, 2.75) is 19.9 Å². The minimum absolute atomic E-state index is 0.172. The molecule has 1 aromatic carbocycles. The molecule has 2 aromatic rings. The molecule has 1 heterocycles. The SMILES string of the molecule is CC(C)C(CN)n1cncc1-c1cccc(F)c1. The first-order valence-electron chi connectivity index (χ1n) is 6.11. The number of benzene rings is 1. The predicted molar refractivity (Wildman–Crippen MR) is 70.6 cm³/mol. The fraction of sp³-hybridized carbons (Fsp3) is 0.357. The number of halogens is 1. The smallest absolute Gasteiger partial charge is 0.123 e. The Balaban J connectivity index is 2.44. The van der Waals surface area contributed by atoms with Crippen LogP contribution in [-0.2, 0) is 0 Å². The van der Waals surface area contributed by atoms with E-state index < -0.39 is 0 Å². The molecule has 0 fully saturated rings. The van der Waals surface area contributed by atoms with Gasteiger partial charge in [0.2, 0.25) is 0 Å². The van der Waals surface area contributed by atoms with Crippen LogP contribution < -0.4 is 5.73 Å². The molecule has 3 nitrogen and oxygen atoms in total. The van der Waals surface area contributed by atoms with Crippen molar-refractivity contribution in [1.29, 1.82) is 0 Å². The number of hydrogen-bond donors (Lipinski definition) is 1. The molecular formula is C14H18FN3. The van der Waals surface area contributed by atoms with Crippen molar-refractivity contribution >= 4 is 0 Å². The summed E-state index contributed by atoms with van der Waals surface area (Å²) in [7, 11) is 0. The summed E-state index contributed by atoms with van der Waals surface area (Å²) >= 11 is 0. The fourth-order valence-electron chi connectivity index (χ4n) is 2.15. The van der Waals surface area contributed by atoms with Crippen LogP contribution >= 0.6 is 0 Å². The van der Waals surface area contributed by atoms with E-state index >= 15 is 0 Å². The van der Waals surface area contributed by atoms with Gasteiger partial charge in [0.15, 0.2) is 0 Å². The maximum atomic E-state index is 13.3. The van der Waals surface area contributed by atoms with Crippen LogP contribution in [0.15, 0.2) is 36.8 Å². The fourth-order valence-corrected chi connectivity index (χ4v) is 2.15. The van der Waals surface area contributed by atoms with Crippen LogP contribution in [0.4, 0.5) is 4.39 Å². The van der Waals surface area contributed by atoms with Gasteiger partial charge in [-0.1, -0.05) is 26.0 Å².